The van der Waals surface area contributed by atoms with Gasteiger partial charge in [0.05, 0.1) is 6.10 Å². The predicted octanol–water partition coefficient (Wildman–Crippen LogP) is 2.81. The van der Waals surface area contributed by atoms with Crippen molar-refractivity contribution >= 4 is 0 Å². The quantitative estimate of drug-likeness (QED) is 0.849. The van der Waals surface area contributed by atoms with E-state index in [4.69, 9.17) is 0 Å². The molecule has 1 N–H and O–H groups in total. The van der Waals surface area contributed by atoms with E-state index in [-0.39, 0.29) is 11.6 Å². The summed E-state index contributed by atoms with van der Waals surface area (Å²) in [7, 11) is 0. The minimum Gasteiger partial charge on any atom is -0.393 e. The predicted molar refractivity (Wildman–Crippen MR) is 70.8 cm³/mol. The summed E-state index contributed by atoms with van der Waals surface area (Å²) in [6, 6.07) is 10.6. The fourth-order valence-corrected chi connectivity index (χ4v) is 2.53. The molecule has 2 rings (SSSR count). The molecule has 0 aliphatic carbocycles. The number of likely N-dealkylation sites (tertiary alicyclic amines) is 1. The highest BCUT2D eigenvalue weighted by atomic mass is 16.3. The lowest BCUT2D eigenvalue weighted by molar-refractivity contribution is 0.113. The first kappa shape index (κ1) is 12.6. The van der Waals surface area contributed by atoms with Crippen molar-refractivity contribution in [1.29, 1.82) is 0 Å². The van der Waals surface area contributed by atoms with Gasteiger partial charge in [-0.1, -0.05) is 30.3 Å². The number of nitrogens with zero attached hydrogens (tertiary/aromatic N) is 1. The number of benzene rings is 1. The third kappa shape index (κ3) is 3.30. The monoisotopic (exact) mass is 233 g/mol. The first-order valence-corrected chi connectivity index (χ1v) is 6.55. The van der Waals surface area contributed by atoms with Crippen molar-refractivity contribution in [3.05, 3.63) is 35.9 Å². The van der Waals surface area contributed by atoms with Crippen molar-refractivity contribution in [3.63, 3.8) is 0 Å². The summed E-state index contributed by atoms with van der Waals surface area (Å²) in [5, 5.41) is 9.78. The van der Waals surface area contributed by atoms with E-state index in [0.29, 0.717) is 0 Å². The molecule has 1 saturated heterocycles. The van der Waals surface area contributed by atoms with E-state index in [1.165, 1.54) is 5.56 Å². The van der Waals surface area contributed by atoms with E-state index in [1.54, 1.807) is 0 Å². The maximum Gasteiger partial charge on any atom is 0.0553 e. The summed E-state index contributed by atoms with van der Waals surface area (Å²) in [5.41, 5.74) is 1.55. The van der Waals surface area contributed by atoms with Gasteiger partial charge >= 0.3 is 0 Å². The fraction of sp³-hybridized carbons (Fsp3) is 0.600. The minimum atomic E-state index is -0.116. The molecule has 1 aromatic carbocycles. The van der Waals surface area contributed by atoms with Crippen LogP contribution in [0.15, 0.2) is 30.3 Å². The van der Waals surface area contributed by atoms with E-state index < -0.39 is 0 Å². The Morgan fingerprint density at radius 1 is 1.24 bits per heavy atom. The number of aliphatic hydroxyl groups excluding tert-OH is 1. The normalized spacial score (nSPS) is 25.5. The van der Waals surface area contributed by atoms with Crippen molar-refractivity contribution < 1.29 is 5.11 Å². The number of hydrogen-bond acceptors (Lipinski definition) is 2. The topological polar surface area (TPSA) is 23.5 Å². The molecule has 0 bridgehead atoms. The average molecular weight is 233 g/mol. The van der Waals surface area contributed by atoms with Gasteiger partial charge in [-0.3, -0.25) is 4.90 Å². The SMILES string of the molecule is CC1(C)CCC(O)CCN1Cc1ccccc1. The van der Waals surface area contributed by atoms with Crippen LogP contribution in [0.25, 0.3) is 0 Å². The fourth-order valence-electron chi connectivity index (χ4n) is 2.53. The van der Waals surface area contributed by atoms with Crippen molar-refractivity contribution in [2.75, 3.05) is 6.54 Å². The third-order valence-corrected chi connectivity index (χ3v) is 3.89. The van der Waals surface area contributed by atoms with Crippen LogP contribution in [0.2, 0.25) is 0 Å². The highest BCUT2D eigenvalue weighted by Crippen LogP contribution is 2.28. The standard InChI is InChI=1S/C15H23NO/c1-15(2)10-8-14(17)9-11-16(15)12-13-6-4-3-5-7-13/h3-7,14,17H,8-12H2,1-2H3. The van der Waals surface area contributed by atoms with Crippen LogP contribution in [-0.4, -0.2) is 28.2 Å². The molecule has 17 heavy (non-hydrogen) atoms. The smallest absolute Gasteiger partial charge is 0.0553 e. The van der Waals surface area contributed by atoms with Gasteiger partial charge in [0.25, 0.3) is 0 Å². The van der Waals surface area contributed by atoms with Crippen LogP contribution >= 0.6 is 0 Å². The maximum atomic E-state index is 9.78. The van der Waals surface area contributed by atoms with Gasteiger partial charge < -0.3 is 5.11 Å². The summed E-state index contributed by atoms with van der Waals surface area (Å²) in [5.74, 6) is 0. The van der Waals surface area contributed by atoms with Gasteiger partial charge in [-0.25, -0.2) is 0 Å². The van der Waals surface area contributed by atoms with Gasteiger partial charge in [0.15, 0.2) is 0 Å². The maximum absolute atomic E-state index is 9.78. The van der Waals surface area contributed by atoms with Crippen molar-refractivity contribution in [3.8, 4) is 0 Å². The molecule has 1 aromatic rings. The van der Waals surface area contributed by atoms with E-state index in [0.717, 1.165) is 32.4 Å². The molecule has 1 aliphatic rings. The van der Waals surface area contributed by atoms with Gasteiger partial charge in [-0.05, 0) is 38.7 Å². The molecule has 94 valence electrons. The van der Waals surface area contributed by atoms with Crippen LogP contribution in [0.5, 0.6) is 0 Å². The van der Waals surface area contributed by atoms with Crippen LogP contribution in [0, 0.1) is 0 Å². The van der Waals surface area contributed by atoms with Crippen LogP contribution in [0.4, 0.5) is 0 Å². The molecular weight excluding hydrogens is 210 g/mol. The second-order valence-corrected chi connectivity index (χ2v) is 5.70. The molecule has 0 aromatic heterocycles. The molecule has 1 unspecified atom stereocenters. The second-order valence-electron chi connectivity index (χ2n) is 5.70. The molecule has 1 heterocycles. The van der Waals surface area contributed by atoms with E-state index in [9.17, 15) is 5.11 Å². The number of rotatable bonds is 2. The minimum absolute atomic E-state index is 0.116. The van der Waals surface area contributed by atoms with Crippen molar-refractivity contribution in [2.45, 2.75) is 51.3 Å². The molecule has 0 spiro atoms. The highest BCUT2D eigenvalue weighted by molar-refractivity contribution is 5.15. The zero-order valence-corrected chi connectivity index (χ0v) is 10.9. The van der Waals surface area contributed by atoms with Crippen LogP contribution < -0.4 is 0 Å². The summed E-state index contributed by atoms with van der Waals surface area (Å²) in [6.45, 7) is 6.55. The number of hydrogen-bond donors (Lipinski definition) is 1. The molecule has 2 nitrogen and oxygen atoms in total. The lowest BCUT2D eigenvalue weighted by Gasteiger charge is -2.37. The number of aliphatic hydroxyl groups is 1. The van der Waals surface area contributed by atoms with Gasteiger partial charge in [0.1, 0.15) is 0 Å². The van der Waals surface area contributed by atoms with E-state index >= 15 is 0 Å². The zero-order valence-electron chi connectivity index (χ0n) is 10.9. The van der Waals surface area contributed by atoms with Gasteiger partial charge in [0, 0.05) is 18.6 Å². The summed E-state index contributed by atoms with van der Waals surface area (Å²) in [6.07, 6.45) is 2.78. The summed E-state index contributed by atoms with van der Waals surface area (Å²) < 4.78 is 0. The first-order chi connectivity index (χ1) is 8.08. The zero-order chi connectivity index (χ0) is 12.3. The summed E-state index contributed by atoms with van der Waals surface area (Å²) in [4.78, 5) is 2.50. The Bertz CT molecular complexity index is 347. The van der Waals surface area contributed by atoms with Crippen LogP contribution in [0.1, 0.15) is 38.7 Å². The third-order valence-electron chi connectivity index (χ3n) is 3.89. The molecule has 0 amide bonds. The molecule has 2 heteroatoms. The molecule has 0 radical (unpaired) electrons. The second kappa shape index (κ2) is 5.19. The van der Waals surface area contributed by atoms with Crippen LogP contribution in [0.3, 0.4) is 0 Å². The molecule has 0 saturated carbocycles. The summed E-state index contributed by atoms with van der Waals surface area (Å²) >= 11 is 0. The van der Waals surface area contributed by atoms with Crippen LogP contribution in [-0.2, 0) is 6.54 Å². The Kier molecular flexibility index (Phi) is 3.85. The molecule has 1 aliphatic heterocycles. The largest absolute Gasteiger partial charge is 0.393 e. The molecule has 1 fully saturated rings. The molecular formula is C15H23NO. The lowest BCUT2D eigenvalue weighted by Crippen LogP contribution is -2.42. The van der Waals surface area contributed by atoms with Gasteiger partial charge in [-0.2, -0.15) is 0 Å². The van der Waals surface area contributed by atoms with Gasteiger partial charge in [-0.15, -0.1) is 0 Å². The van der Waals surface area contributed by atoms with E-state index in [1.807, 2.05) is 0 Å². The lowest BCUT2D eigenvalue weighted by atomic mass is 9.96. The Labute approximate surface area is 104 Å². The van der Waals surface area contributed by atoms with Gasteiger partial charge in [0.2, 0.25) is 0 Å². The Morgan fingerprint density at radius 3 is 2.65 bits per heavy atom. The molecule has 1 atom stereocenters. The van der Waals surface area contributed by atoms with E-state index in [2.05, 4.69) is 49.1 Å². The Morgan fingerprint density at radius 2 is 1.94 bits per heavy atom. The Balaban J connectivity index is 2.07. The highest BCUT2D eigenvalue weighted by Gasteiger charge is 2.30. The Hall–Kier alpha value is -0.860. The average Bonchev–Trinajstić information content (AvgIpc) is 2.44. The first-order valence-electron chi connectivity index (χ1n) is 6.55. The van der Waals surface area contributed by atoms with Crippen molar-refractivity contribution in [1.82, 2.24) is 4.90 Å². The van der Waals surface area contributed by atoms with Crippen molar-refractivity contribution in [2.24, 2.45) is 0 Å².